The first-order chi connectivity index (χ1) is 17.0. The molecule has 2 aromatic rings. The van der Waals surface area contributed by atoms with E-state index in [0.717, 1.165) is 41.1 Å². The van der Waals surface area contributed by atoms with Crippen LogP contribution in [-0.4, -0.2) is 50.5 Å². The highest BCUT2D eigenvalue weighted by Crippen LogP contribution is 2.35. The zero-order chi connectivity index (χ0) is 24.4. The molecule has 0 fully saturated rings. The number of fused-ring (bicyclic) bond motifs is 2. The Hall–Kier alpha value is -3.84. The van der Waals surface area contributed by atoms with Crippen molar-refractivity contribution in [3.8, 4) is 5.75 Å². The summed E-state index contributed by atoms with van der Waals surface area (Å²) in [6.07, 6.45) is 8.67. The summed E-state index contributed by atoms with van der Waals surface area (Å²) in [5.74, 6) is 0.228. The first kappa shape index (κ1) is 22.9. The number of likely N-dealkylation sites (N-methyl/N-ethyl adjacent to an activating group) is 1. The van der Waals surface area contributed by atoms with E-state index in [2.05, 4.69) is 21.2 Å². The molecule has 1 aliphatic carbocycles. The summed E-state index contributed by atoms with van der Waals surface area (Å²) in [4.78, 5) is 29.2. The summed E-state index contributed by atoms with van der Waals surface area (Å²) in [6, 6.07) is 13.8. The second kappa shape index (κ2) is 9.80. The fourth-order valence-corrected chi connectivity index (χ4v) is 4.53. The monoisotopic (exact) mass is 468 g/mol. The van der Waals surface area contributed by atoms with E-state index in [4.69, 9.17) is 4.74 Å². The molecule has 2 amide bonds. The van der Waals surface area contributed by atoms with Gasteiger partial charge in [0.25, 0.3) is 5.91 Å². The number of allylic oxidation sites excluding steroid dienone is 3. The van der Waals surface area contributed by atoms with Gasteiger partial charge in [0, 0.05) is 24.7 Å². The Morgan fingerprint density at radius 2 is 1.94 bits per heavy atom. The average Bonchev–Trinajstić information content (AvgIpc) is 3.28. The smallest absolute Gasteiger partial charge is 0.276 e. The van der Waals surface area contributed by atoms with E-state index in [9.17, 15) is 9.59 Å². The van der Waals surface area contributed by atoms with Crippen LogP contribution in [0.15, 0.2) is 82.6 Å². The first-order valence-corrected chi connectivity index (χ1v) is 11.8. The maximum Gasteiger partial charge on any atom is 0.276 e. The Bertz CT molecular complexity index is 1270. The summed E-state index contributed by atoms with van der Waals surface area (Å²) in [6.45, 7) is 2.11. The predicted octanol–water partition coefficient (Wildman–Crippen LogP) is 4.20. The van der Waals surface area contributed by atoms with Crippen LogP contribution in [0.3, 0.4) is 0 Å². The maximum absolute atomic E-state index is 13.2. The van der Waals surface area contributed by atoms with E-state index in [1.54, 1.807) is 0 Å². The number of benzene rings is 2. The van der Waals surface area contributed by atoms with Gasteiger partial charge >= 0.3 is 0 Å². The lowest BCUT2D eigenvalue weighted by Crippen LogP contribution is -2.30. The molecule has 3 aliphatic rings. The van der Waals surface area contributed by atoms with E-state index in [0.29, 0.717) is 25.3 Å². The molecule has 2 heterocycles. The average molecular weight is 469 g/mol. The third-order valence-corrected chi connectivity index (χ3v) is 6.46. The number of ether oxygens (including phenoxy) is 1. The number of amides is 2. The molecule has 0 N–H and O–H groups in total. The summed E-state index contributed by atoms with van der Waals surface area (Å²) >= 11 is 0. The molecule has 0 spiro atoms. The van der Waals surface area contributed by atoms with E-state index >= 15 is 0 Å². The van der Waals surface area contributed by atoms with Crippen molar-refractivity contribution in [2.75, 3.05) is 38.7 Å². The molecule has 2 aromatic carbocycles. The number of rotatable bonds is 7. The number of carbonyl (C=O) groups is 2. The number of anilines is 1. The Balaban J connectivity index is 1.28. The molecule has 178 valence electrons. The molecule has 35 heavy (non-hydrogen) atoms. The summed E-state index contributed by atoms with van der Waals surface area (Å²) in [5, 5.41) is 7.98. The lowest BCUT2D eigenvalue weighted by Gasteiger charge is -2.20. The zero-order valence-electron chi connectivity index (χ0n) is 20.0. The van der Waals surface area contributed by atoms with Crippen molar-refractivity contribution in [3.05, 3.63) is 89.0 Å². The fraction of sp³-hybridized carbons (Fsp3) is 0.286. The molecular weight excluding hydrogens is 440 g/mol. The van der Waals surface area contributed by atoms with Crippen LogP contribution in [0.5, 0.6) is 5.75 Å². The Labute approximate surface area is 205 Å². The van der Waals surface area contributed by atoms with Gasteiger partial charge in [0.15, 0.2) is 0 Å². The molecule has 0 saturated heterocycles. The van der Waals surface area contributed by atoms with Crippen molar-refractivity contribution in [2.24, 2.45) is 16.1 Å². The van der Waals surface area contributed by atoms with Crippen molar-refractivity contribution in [2.45, 2.75) is 12.8 Å². The van der Waals surface area contributed by atoms with Crippen LogP contribution in [-0.2, 0) is 22.4 Å². The van der Waals surface area contributed by atoms with Gasteiger partial charge in [-0.05, 0) is 43.3 Å². The molecule has 2 aliphatic heterocycles. The topological polar surface area (TPSA) is 74.6 Å². The zero-order valence-corrected chi connectivity index (χ0v) is 20.0. The van der Waals surface area contributed by atoms with Crippen molar-refractivity contribution < 1.29 is 14.3 Å². The summed E-state index contributed by atoms with van der Waals surface area (Å²) in [5.41, 5.74) is 5.47. The molecule has 5 rings (SSSR count). The minimum Gasteiger partial charge on any atom is -0.492 e. The number of nitrogens with zero attached hydrogens (tertiary/aromatic N) is 4. The third kappa shape index (κ3) is 4.86. The fourth-order valence-electron chi connectivity index (χ4n) is 4.53. The van der Waals surface area contributed by atoms with Gasteiger partial charge in [-0.25, -0.2) is 0 Å². The van der Waals surface area contributed by atoms with Crippen LogP contribution in [0.4, 0.5) is 5.69 Å². The first-order valence-electron chi connectivity index (χ1n) is 11.8. The van der Waals surface area contributed by atoms with Crippen molar-refractivity contribution in [1.82, 2.24) is 4.90 Å². The van der Waals surface area contributed by atoms with E-state index in [1.807, 2.05) is 79.7 Å². The van der Waals surface area contributed by atoms with E-state index in [1.165, 1.54) is 5.56 Å². The maximum atomic E-state index is 13.2. The van der Waals surface area contributed by atoms with E-state index in [-0.39, 0.29) is 17.7 Å². The molecule has 0 radical (unpaired) electrons. The van der Waals surface area contributed by atoms with Crippen LogP contribution in [0, 0.1) is 5.92 Å². The molecule has 1 unspecified atom stereocenters. The molecule has 0 saturated carbocycles. The van der Waals surface area contributed by atoms with Gasteiger partial charge in [0.1, 0.15) is 12.4 Å². The van der Waals surface area contributed by atoms with Gasteiger partial charge < -0.3 is 14.5 Å². The predicted molar refractivity (Wildman–Crippen MR) is 135 cm³/mol. The number of hydrogen-bond donors (Lipinski definition) is 0. The van der Waals surface area contributed by atoms with Gasteiger partial charge in [0.05, 0.1) is 23.7 Å². The van der Waals surface area contributed by atoms with Gasteiger partial charge in [-0.1, -0.05) is 54.6 Å². The molecule has 0 aromatic heterocycles. The van der Waals surface area contributed by atoms with Gasteiger partial charge in [0.2, 0.25) is 5.91 Å². The normalized spacial score (nSPS) is 18.3. The lowest BCUT2D eigenvalue weighted by molar-refractivity contribution is -0.120. The summed E-state index contributed by atoms with van der Waals surface area (Å²) in [7, 11) is 4.02. The minimum absolute atomic E-state index is 0.0623. The highest BCUT2D eigenvalue weighted by Gasteiger charge is 2.28. The van der Waals surface area contributed by atoms with Crippen LogP contribution in [0.1, 0.15) is 16.7 Å². The standard InChI is InChI=1S/C28H28N4O3/c1-31(2)15-16-35-22-12-11-20-13-14-32(25(20)18-22)26(33)17-19-7-9-21(10-8-19)27-23-5-3-4-6-24(23)28(34)30-29-27/h3-12,18,24H,13-17H2,1-2H3. The van der Waals surface area contributed by atoms with Crippen LogP contribution < -0.4 is 9.64 Å². The number of azo groups is 1. The summed E-state index contributed by atoms with van der Waals surface area (Å²) < 4.78 is 5.87. The van der Waals surface area contributed by atoms with Crippen LogP contribution in [0.2, 0.25) is 0 Å². The van der Waals surface area contributed by atoms with E-state index < -0.39 is 0 Å². The van der Waals surface area contributed by atoms with Crippen LogP contribution in [0.25, 0.3) is 5.70 Å². The van der Waals surface area contributed by atoms with Gasteiger partial charge in [-0.2, -0.15) is 0 Å². The third-order valence-electron chi connectivity index (χ3n) is 6.46. The Morgan fingerprint density at radius 3 is 2.74 bits per heavy atom. The van der Waals surface area contributed by atoms with Crippen LogP contribution >= 0.6 is 0 Å². The van der Waals surface area contributed by atoms with Crippen molar-refractivity contribution in [1.29, 1.82) is 0 Å². The number of carbonyl (C=O) groups excluding carboxylic acids is 2. The minimum atomic E-state index is -0.374. The molecule has 0 bridgehead atoms. The number of hydrogen-bond acceptors (Lipinski definition) is 5. The van der Waals surface area contributed by atoms with Gasteiger partial charge in [-0.15, -0.1) is 10.2 Å². The largest absolute Gasteiger partial charge is 0.492 e. The molecule has 7 nitrogen and oxygen atoms in total. The second-order valence-electron chi connectivity index (χ2n) is 9.18. The molecule has 7 heteroatoms. The SMILES string of the molecule is CN(C)CCOc1ccc2c(c1)N(C(=O)Cc1ccc(C3=C4C=CC=CC4C(=O)N=N3)cc1)CC2. The van der Waals surface area contributed by atoms with Gasteiger partial charge in [-0.3, -0.25) is 9.59 Å². The highest BCUT2D eigenvalue weighted by atomic mass is 16.5. The quantitative estimate of drug-likeness (QED) is 0.610. The highest BCUT2D eigenvalue weighted by molar-refractivity contribution is 5.97. The lowest BCUT2D eigenvalue weighted by atomic mass is 9.89. The molecular formula is C28H28N4O3. The van der Waals surface area contributed by atoms with Crippen molar-refractivity contribution >= 4 is 23.2 Å². The van der Waals surface area contributed by atoms with Crippen molar-refractivity contribution in [3.63, 3.8) is 0 Å². The Kier molecular flexibility index (Phi) is 6.42. The second-order valence-corrected chi connectivity index (χ2v) is 9.18. The molecule has 1 atom stereocenters. The Morgan fingerprint density at radius 1 is 1.11 bits per heavy atom.